The zero-order valence-corrected chi connectivity index (χ0v) is 10.4. The molecule has 1 aromatic rings. The van der Waals surface area contributed by atoms with Gasteiger partial charge in [0.2, 0.25) is 0 Å². The van der Waals surface area contributed by atoms with E-state index in [0.29, 0.717) is 5.75 Å². The highest BCUT2D eigenvalue weighted by Gasteiger charge is 2.04. The lowest BCUT2D eigenvalue weighted by Crippen LogP contribution is -2.18. The summed E-state index contributed by atoms with van der Waals surface area (Å²) in [5.74, 6) is 0.740. The molecule has 1 aromatic carbocycles. The van der Waals surface area contributed by atoms with Gasteiger partial charge in [-0.3, -0.25) is 0 Å². The molecule has 3 heteroatoms. The summed E-state index contributed by atoms with van der Waals surface area (Å²) in [6.45, 7) is 4.13. The second-order valence-electron chi connectivity index (χ2n) is 4.10. The summed E-state index contributed by atoms with van der Waals surface area (Å²) >= 11 is 0. The first-order valence-corrected chi connectivity index (χ1v) is 5.71. The van der Waals surface area contributed by atoms with Gasteiger partial charge in [-0.1, -0.05) is 19.4 Å². The maximum atomic E-state index is 9.64. The predicted octanol–water partition coefficient (Wildman–Crippen LogP) is 2.63. The Labute approximate surface area is 97.7 Å². The van der Waals surface area contributed by atoms with Crippen LogP contribution in [0.5, 0.6) is 11.5 Å². The molecule has 0 spiro atoms. The molecule has 0 fully saturated rings. The molecule has 0 heterocycles. The fourth-order valence-electron chi connectivity index (χ4n) is 1.65. The zero-order chi connectivity index (χ0) is 12.0. The second kappa shape index (κ2) is 6.38. The molecule has 0 aliphatic rings. The van der Waals surface area contributed by atoms with Crippen molar-refractivity contribution in [1.29, 1.82) is 0 Å². The fraction of sp³-hybridized carbons (Fsp3) is 0.538. The van der Waals surface area contributed by atoms with E-state index in [0.717, 1.165) is 18.7 Å². The van der Waals surface area contributed by atoms with Crippen LogP contribution >= 0.6 is 0 Å². The van der Waals surface area contributed by atoms with Crippen LogP contribution in [0.15, 0.2) is 18.2 Å². The second-order valence-corrected chi connectivity index (χ2v) is 4.10. The van der Waals surface area contributed by atoms with Crippen molar-refractivity contribution in [2.24, 2.45) is 0 Å². The van der Waals surface area contributed by atoms with Crippen molar-refractivity contribution in [3.8, 4) is 11.5 Å². The molecule has 0 aliphatic heterocycles. The average Bonchev–Trinajstić information content (AvgIpc) is 2.26. The quantitative estimate of drug-likeness (QED) is 0.804. The minimum Gasteiger partial charge on any atom is -0.504 e. The number of unbranched alkanes of at least 4 members (excludes halogenated alkanes) is 1. The van der Waals surface area contributed by atoms with E-state index in [1.165, 1.54) is 12.8 Å². The summed E-state index contributed by atoms with van der Waals surface area (Å²) in [5, 5.41) is 9.64. The first kappa shape index (κ1) is 12.8. The van der Waals surface area contributed by atoms with Gasteiger partial charge in [-0.2, -0.15) is 0 Å². The van der Waals surface area contributed by atoms with Crippen LogP contribution in [-0.4, -0.2) is 30.7 Å². The Bertz CT molecular complexity index is 326. The number of phenolic OH excluding ortho intramolecular Hbond substituents is 1. The molecule has 0 amide bonds. The lowest BCUT2D eigenvalue weighted by Gasteiger charge is -2.16. The summed E-state index contributed by atoms with van der Waals surface area (Å²) in [6, 6.07) is 5.56. The summed E-state index contributed by atoms with van der Waals surface area (Å²) in [5.41, 5.74) is 1.11. The molecule has 0 aromatic heterocycles. The molecule has 0 unspecified atom stereocenters. The molecular weight excluding hydrogens is 202 g/mol. The van der Waals surface area contributed by atoms with E-state index >= 15 is 0 Å². The Kier molecular flexibility index (Phi) is 5.12. The summed E-state index contributed by atoms with van der Waals surface area (Å²) in [4.78, 5) is 2.25. The highest BCUT2D eigenvalue weighted by atomic mass is 16.5. The number of phenols is 1. The molecule has 1 N–H and O–H groups in total. The highest BCUT2D eigenvalue weighted by molar-refractivity contribution is 5.41. The Morgan fingerprint density at radius 2 is 2.12 bits per heavy atom. The maximum absolute atomic E-state index is 9.64. The van der Waals surface area contributed by atoms with E-state index < -0.39 is 0 Å². The minimum absolute atomic E-state index is 0.212. The molecule has 0 aliphatic carbocycles. The van der Waals surface area contributed by atoms with Crippen molar-refractivity contribution in [3.05, 3.63) is 23.8 Å². The molecule has 0 saturated heterocycles. The van der Waals surface area contributed by atoms with Gasteiger partial charge in [-0.25, -0.2) is 0 Å². The topological polar surface area (TPSA) is 32.7 Å². The molecular formula is C13H21NO2. The van der Waals surface area contributed by atoms with Gasteiger partial charge in [-0.05, 0) is 37.7 Å². The van der Waals surface area contributed by atoms with Gasteiger partial charge in [0, 0.05) is 6.54 Å². The van der Waals surface area contributed by atoms with E-state index in [9.17, 15) is 5.11 Å². The molecule has 0 atom stereocenters. The van der Waals surface area contributed by atoms with Gasteiger partial charge in [0.15, 0.2) is 11.5 Å². The van der Waals surface area contributed by atoms with E-state index in [4.69, 9.17) is 4.74 Å². The van der Waals surface area contributed by atoms with Gasteiger partial charge >= 0.3 is 0 Å². The van der Waals surface area contributed by atoms with Crippen LogP contribution in [0.3, 0.4) is 0 Å². The number of methoxy groups -OCH3 is 1. The van der Waals surface area contributed by atoms with Gasteiger partial charge in [0.1, 0.15) is 0 Å². The molecule has 3 nitrogen and oxygen atoms in total. The Balaban J connectivity index is 2.57. The van der Waals surface area contributed by atoms with Gasteiger partial charge < -0.3 is 14.7 Å². The van der Waals surface area contributed by atoms with Crippen LogP contribution in [0.4, 0.5) is 0 Å². The molecule has 1 rings (SSSR count). The van der Waals surface area contributed by atoms with E-state index in [-0.39, 0.29) is 5.75 Å². The largest absolute Gasteiger partial charge is 0.504 e. The molecule has 90 valence electrons. The molecule has 0 radical (unpaired) electrons. The van der Waals surface area contributed by atoms with E-state index in [1.54, 1.807) is 19.2 Å². The van der Waals surface area contributed by atoms with Crippen molar-refractivity contribution in [1.82, 2.24) is 4.90 Å². The third-order valence-electron chi connectivity index (χ3n) is 2.59. The van der Waals surface area contributed by atoms with Crippen LogP contribution < -0.4 is 4.74 Å². The van der Waals surface area contributed by atoms with Crippen LogP contribution in [0.25, 0.3) is 0 Å². The van der Waals surface area contributed by atoms with E-state index in [1.807, 2.05) is 6.07 Å². The highest BCUT2D eigenvalue weighted by Crippen LogP contribution is 2.26. The zero-order valence-electron chi connectivity index (χ0n) is 10.4. The van der Waals surface area contributed by atoms with Crippen LogP contribution in [0.2, 0.25) is 0 Å². The molecule has 0 bridgehead atoms. The van der Waals surface area contributed by atoms with Crippen LogP contribution in [-0.2, 0) is 6.54 Å². The SMILES string of the molecule is CCCCN(C)Cc1ccc(OC)c(O)c1. The minimum atomic E-state index is 0.212. The van der Waals surface area contributed by atoms with Crippen molar-refractivity contribution in [3.63, 3.8) is 0 Å². The first-order chi connectivity index (χ1) is 7.67. The molecule has 0 saturated carbocycles. The Morgan fingerprint density at radius 1 is 1.38 bits per heavy atom. The smallest absolute Gasteiger partial charge is 0.160 e. The summed E-state index contributed by atoms with van der Waals surface area (Å²) < 4.78 is 5.01. The van der Waals surface area contributed by atoms with Gasteiger partial charge in [0.05, 0.1) is 7.11 Å². The van der Waals surface area contributed by atoms with Crippen molar-refractivity contribution in [2.45, 2.75) is 26.3 Å². The maximum Gasteiger partial charge on any atom is 0.160 e. The third kappa shape index (κ3) is 3.74. The number of nitrogens with zero attached hydrogens (tertiary/aromatic N) is 1. The first-order valence-electron chi connectivity index (χ1n) is 5.71. The van der Waals surface area contributed by atoms with Crippen molar-refractivity contribution in [2.75, 3.05) is 20.7 Å². The van der Waals surface area contributed by atoms with E-state index in [2.05, 4.69) is 18.9 Å². The molecule has 16 heavy (non-hydrogen) atoms. The monoisotopic (exact) mass is 223 g/mol. The fourth-order valence-corrected chi connectivity index (χ4v) is 1.65. The standard InChI is InChI=1S/C13H21NO2/c1-4-5-8-14(2)10-11-6-7-13(16-3)12(15)9-11/h6-7,9,15H,4-5,8,10H2,1-3H3. The summed E-state index contributed by atoms with van der Waals surface area (Å²) in [7, 11) is 3.65. The number of rotatable bonds is 6. The summed E-state index contributed by atoms with van der Waals surface area (Å²) in [6.07, 6.45) is 2.41. The number of aromatic hydroxyl groups is 1. The third-order valence-corrected chi connectivity index (χ3v) is 2.59. The number of ether oxygens (including phenoxy) is 1. The number of benzene rings is 1. The van der Waals surface area contributed by atoms with Crippen molar-refractivity contribution < 1.29 is 9.84 Å². The van der Waals surface area contributed by atoms with Crippen LogP contribution in [0.1, 0.15) is 25.3 Å². The predicted molar refractivity (Wildman–Crippen MR) is 65.9 cm³/mol. The lowest BCUT2D eigenvalue weighted by molar-refractivity contribution is 0.319. The van der Waals surface area contributed by atoms with Crippen LogP contribution in [0, 0.1) is 0 Å². The lowest BCUT2D eigenvalue weighted by atomic mass is 10.2. The Hall–Kier alpha value is -1.22. The van der Waals surface area contributed by atoms with Crippen molar-refractivity contribution >= 4 is 0 Å². The van der Waals surface area contributed by atoms with Gasteiger partial charge in [0.25, 0.3) is 0 Å². The average molecular weight is 223 g/mol. The normalized spacial score (nSPS) is 10.8. The van der Waals surface area contributed by atoms with Gasteiger partial charge in [-0.15, -0.1) is 0 Å². The number of hydrogen-bond donors (Lipinski definition) is 1. The Morgan fingerprint density at radius 3 is 2.69 bits per heavy atom. The number of hydrogen-bond acceptors (Lipinski definition) is 3.